The second kappa shape index (κ2) is 8.80. The Morgan fingerprint density at radius 3 is 2.62 bits per heavy atom. The molecule has 3 unspecified atom stereocenters. The van der Waals surface area contributed by atoms with Crippen LogP contribution in [0.15, 0.2) is 42.5 Å². The lowest BCUT2D eigenvalue weighted by molar-refractivity contribution is 0.00353. The molecule has 0 aliphatic heterocycles. The van der Waals surface area contributed by atoms with Crippen LogP contribution >= 0.6 is 0 Å². The Morgan fingerprint density at radius 1 is 1.06 bits per heavy atom. The number of aryl methyl sites for hydroxylation is 2. The Kier molecular flexibility index (Phi) is 6.03. The van der Waals surface area contributed by atoms with Gasteiger partial charge in [-0.05, 0) is 102 Å². The lowest BCUT2D eigenvalue weighted by Crippen LogP contribution is -2.42. The van der Waals surface area contributed by atoms with Gasteiger partial charge < -0.3 is 4.74 Å². The van der Waals surface area contributed by atoms with Crippen molar-refractivity contribution in [3.63, 3.8) is 0 Å². The third kappa shape index (κ3) is 3.86. The first-order valence-electron chi connectivity index (χ1n) is 12.6. The van der Waals surface area contributed by atoms with Crippen LogP contribution in [0.1, 0.15) is 80.5 Å². The maximum absolute atomic E-state index is 13.2. The molecule has 2 saturated carbocycles. The first kappa shape index (κ1) is 21.9. The molecule has 2 fully saturated rings. The Morgan fingerprint density at radius 2 is 1.88 bits per heavy atom. The van der Waals surface area contributed by atoms with Crippen LogP contribution < -0.4 is 4.74 Å². The van der Waals surface area contributed by atoms with Gasteiger partial charge in [0, 0.05) is 6.42 Å². The minimum atomic E-state index is -2.17. The fraction of sp³-hybridized carbons (Fsp3) is 0.586. The second-order valence-corrected chi connectivity index (χ2v) is 10.6. The van der Waals surface area contributed by atoms with Gasteiger partial charge in [0.15, 0.2) is 0 Å². The molecule has 0 spiro atoms. The van der Waals surface area contributed by atoms with Crippen LogP contribution in [-0.2, 0) is 19.4 Å². The molecule has 0 heterocycles. The second-order valence-electron chi connectivity index (χ2n) is 10.6. The zero-order valence-corrected chi connectivity index (χ0v) is 19.5. The fourth-order valence-corrected chi connectivity index (χ4v) is 7.50. The van der Waals surface area contributed by atoms with E-state index in [9.17, 15) is 8.78 Å². The van der Waals surface area contributed by atoms with Crippen molar-refractivity contribution in [1.29, 1.82) is 0 Å². The average Bonchev–Trinajstić information content (AvgIpc) is 3.13. The van der Waals surface area contributed by atoms with E-state index in [4.69, 9.17) is 4.74 Å². The number of hydrogen-bond donors (Lipinski definition) is 0. The van der Waals surface area contributed by atoms with Gasteiger partial charge in [-0.15, -0.1) is 0 Å². The van der Waals surface area contributed by atoms with Gasteiger partial charge in [0.05, 0.1) is 0 Å². The molecule has 0 N–H and O–H groups in total. The number of rotatable bonds is 6. The van der Waals surface area contributed by atoms with Gasteiger partial charge in [-0.1, -0.05) is 50.2 Å². The van der Waals surface area contributed by atoms with Gasteiger partial charge in [0.1, 0.15) is 12.4 Å². The number of ether oxygens (including phenoxy) is 1. The zero-order valence-electron chi connectivity index (χ0n) is 19.5. The molecule has 172 valence electrons. The molecule has 0 bridgehead atoms. The normalized spacial score (nSPS) is 31.2. The highest BCUT2D eigenvalue weighted by atomic mass is 19.3. The first-order chi connectivity index (χ1) is 15.5. The maximum atomic E-state index is 13.2. The molecule has 32 heavy (non-hydrogen) atoms. The number of hydrogen-bond acceptors (Lipinski definition) is 1. The summed E-state index contributed by atoms with van der Waals surface area (Å²) in [5.74, 6) is 3.10. The largest absolute Gasteiger partial charge is 0.489 e. The summed E-state index contributed by atoms with van der Waals surface area (Å²) in [4.78, 5) is 0. The van der Waals surface area contributed by atoms with Crippen LogP contribution in [0.25, 0.3) is 0 Å². The average molecular weight is 439 g/mol. The molecule has 0 radical (unpaired) electrons. The third-order valence-corrected chi connectivity index (χ3v) is 9.18. The van der Waals surface area contributed by atoms with Gasteiger partial charge in [-0.2, -0.15) is 0 Å². The molecule has 1 nitrogen and oxygen atoms in total. The number of alkyl halides is 2. The van der Waals surface area contributed by atoms with Gasteiger partial charge in [-0.25, -0.2) is 8.78 Å². The summed E-state index contributed by atoms with van der Waals surface area (Å²) in [5.41, 5.74) is 5.59. The zero-order chi connectivity index (χ0) is 22.3. The van der Waals surface area contributed by atoms with Crippen molar-refractivity contribution in [1.82, 2.24) is 0 Å². The molecule has 2 aromatic carbocycles. The van der Waals surface area contributed by atoms with Crippen molar-refractivity contribution < 1.29 is 13.5 Å². The van der Waals surface area contributed by atoms with Crippen molar-refractivity contribution in [2.45, 2.75) is 84.2 Å². The standard InChI is InChI=1S/C29H36F2O/c1-3-20-15-25-21(16-27(20)32-18-19-7-5-4-6-8-19)9-11-24-23(25)13-14-29(2)22(17-28(30)31)10-12-26(24)29/h4-8,15-16,22-24,26,28H,3,9-14,17-18H2,1-2H3/t22-,23?,24?,26?,29-/m1/s1. The molecule has 5 atom stereocenters. The molecule has 0 saturated heterocycles. The Labute approximate surface area is 191 Å². The summed E-state index contributed by atoms with van der Waals surface area (Å²) >= 11 is 0. The molecular formula is C29H36F2O. The predicted molar refractivity (Wildman–Crippen MR) is 125 cm³/mol. The van der Waals surface area contributed by atoms with Gasteiger partial charge in [0.2, 0.25) is 6.43 Å². The summed E-state index contributed by atoms with van der Waals surface area (Å²) < 4.78 is 32.7. The molecule has 3 heteroatoms. The molecule has 0 amide bonds. The van der Waals surface area contributed by atoms with E-state index in [2.05, 4.69) is 50.2 Å². The topological polar surface area (TPSA) is 9.23 Å². The molecule has 3 aliphatic rings. The van der Waals surface area contributed by atoms with E-state index in [0.717, 1.165) is 44.3 Å². The van der Waals surface area contributed by atoms with Crippen molar-refractivity contribution in [3.8, 4) is 5.75 Å². The monoisotopic (exact) mass is 438 g/mol. The summed E-state index contributed by atoms with van der Waals surface area (Å²) in [6.45, 7) is 5.15. The van der Waals surface area contributed by atoms with Crippen LogP contribution in [0.2, 0.25) is 0 Å². The van der Waals surface area contributed by atoms with Crippen molar-refractivity contribution in [3.05, 3.63) is 64.7 Å². The van der Waals surface area contributed by atoms with Crippen LogP contribution in [0, 0.1) is 23.2 Å². The van der Waals surface area contributed by atoms with Crippen molar-refractivity contribution in [2.24, 2.45) is 23.2 Å². The lowest BCUT2D eigenvalue weighted by Gasteiger charge is -2.51. The summed E-state index contributed by atoms with van der Waals surface area (Å²) in [7, 11) is 0. The SMILES string of the molecule is CCc1cc2c(cc1OCc1ccccc1)CCC1C2CC[C@@]2(C)C1CC[C@@H]2CC(F)F. The highest BCUT2D eigenvalue weighted by Crippen LogP contribution is 2.64. The molecule has 3 aliphatic carbocycles. The van der Waals surface area contributed by atoms with Crippen molar-refractivity contribution >= 4 is 0 Å². The Bertz CT molecular complexity index is 940. The van der Waals surface area contributed by atoms with Crippen LogP contribution in [0.3, 0.4) is 0 Å². The minimum absolute atomic E-state index is 0.100. The highest BCUT2D eigenvalue weighted by Gasteiger charge is 2.54. The van der Waals surface area contributed by atoms with E-state index >= 15 is 0 Å². The summed E-state index contributed by atoms with van der Waals surface area (Å²) in [6.07, 6.45) is 5.58. The molecular weight excluding hydrogens is 402 g/mol. The van der Waals surface area contributed by atoms with Crippen LogP contribution in [0.4, 0.5) is 8.78 Å². The van der Waals surface area contributed by atoms with Crippen LogP contribution in [-0.4, -0.2) is 6.43 Å². The molecule has 2 aromatic rings. The fourth-order valence-electron chi connectivity index (χ4n) is 7.50. The van der Waals surface area contributed by atoms with E-state index in [-0.39, 0.29) is 17.8 Å². The number of halogens is 2. The summed E-state index contributed by atoms with van der Waals surface area (Å²) in [5, 5.41) is 0. The lowest BCUT2D eigenvalue weighted by atomic mass is 9.54. The van der Waals surface area contributed by atoms with Crippen molar-refractivity contribution in [2.75, 3.05) is 0 Å². The predicted octanol–water partition coefficient (Wildman–Crippen LogP) is 7.96. The number of fused-ring (bicyclic) bond motifs is 5. The van der Waals surface area contributed by atoms with Gasteiger partial charge in [0.25, 0.3) is 0 Å². The highest BCUT2D eigenvalue weighted by molar-refractivity contribution is 5.46. The Hall–Kier alpha value is -1.90. The van der Waals surface area contributed by atoms with Gasteiger partial charge in [-0.3, -0.25) is 0 Å². The third-order valence-electron chi connectivity index (χ3n) is 9.18. The van der Waals surface area contributed by atoms with E-state index in [0.29, 0.717) is 24.4 Å². The first-order valence-corrected chi connectivity index (χ1v) is 12.6. The molecule has 0 aromatic heterocycles. The number of benzene rings is 2. The van der Waals surface area contributed by atoms with E-state index in [1.54, 1.807) is 0 Å². The smallest absolute Gasteiger partial charge is 0.238 e. The maximum Gasteiger partial charge on any atom is 0.238 e. The minimum Gasteiger partial charge on any atom is -0.489 e. The molecule has 5 rings (SSSR count). The van der Waals surface area contributed by atoms with E-state index in [1.807, 2.05) is 6.07 Å². The Balaban J connectivity index is 1.38. The van der Waals surface area contributed by atoms with Crippen LogP contribution in [0.5, 0.6) is 5.75 Å². The quantitative estimate of drug-likeness (QED) is 0.444. The van der Waals surface area contributed by atoms with E-state index in [1.165, 1.54) is 28.7 Å². The van der Waals surface area contributed by atoms with E-state index < -0.39 is 6.43 Å². The summed E-state index contributed by atoms with van der Waals surface area (Å²) in [6, 6.07) is 15.1. The van der Waals surface area contributed by atoms with Gasteiger partial charge >= 0.3 is 0 Å².